The minimum absolute atomic E-state index is 0.00810. The van der Waals surface area contributed by atoms with Gasteiger partial charge in [-0.2, -0.15) is 0 Å². The Morgan fingerprint density at radius 3 is 2.45 bits per heavy atom. The number of para-hydroxylation sites is 1. The summed E-state index contributed by atoms with van der Waals surface area (Å²) in [7, 11) is 0. The summed E-state index contributed by atoms with van der Waals surface area (Å²) in [5.41, 5.74) is 1.36. The predicted octanol–water partition coefficient (Wildman–Crippen LogP) is 5.29. The van der Waals surface area contributed by atoms with Gasteiger partial charge >= 0.3 is 11.7 Å². The van der Waals surface area contributed by atoms with E-state index in [0.29, 0.717) is 23.0 Å². The lowest BCUT2D eigenvalue weighted by atomic mass is 10.2. The van der Waals surface area contributed by atoms with Gasteiger partial charge in [-0.15, -0.1) is 0 Å². The Balaban J connectivity index is 1.55. The first-order valence-corrected chi connectivity index (χ1v) is 10.9. The van der Waals surface area contributed by atoms with E-state index in [1.165, 1.54) is 17.7 Å². The van der Waals surface area contributed by atoms with Crippen LogP contribution >= 0.6 is 11.3 Å². The molecule has 33 heavy (non-hydrogen) atoms. The summed E-state index contributed by atoms with van der Waals surface area (Å²) in [6.45, 7) is 4.24. The van der Waals surface area contributed by atoms with Gasteiger partial charge in [-0.1, -0.05) is 37.3 Å². The first kappa shape index (κ1) is 22.1. The van der Waals surface area contributed by atoms with Crippen LogP contribution in [-0.2, 0) is 4.74 Å². The molecule has 0 fully saturated rings. The highest BCUT2D eigenvalue weighted by Crippen LogP contribution is 2.35. The van der Waals surface area contributed by atoms with E-state index in [-0.39, 0.29) is 23.2 Å². The number of hydrogen-bond acceptors (Lipinski definition) is 10. The predicted molar refractivity (Wildman–Crippen MR) is 126 cm³/mol. The number of nitrogens with zero attached hydrogens (tertiary/aromatic N) is 4. The molecule has 168 valence electrons. The van der Waals surface area contributed by atoms with Gasteiger partial charge in [0, 0.05) is 5.69 Å². The van der Waals surface area contributed by atoms with Gasteiger partial charge in [-0.3, -0.25) is 10.1 Å². The molecular weight excluding hydrogens is 444 g/mol. The van der Waals surface area contributed by atoms with Gasteiger partial charge in [0.15, 0.2) is 5.13 Å². The molecule has 2 aromatic heterocycles. The average Bonchev–Trinajstić information content (AvgIpc) is 3.20. The van der Waals surface area contributed by atoms with Crippen LogP contribution in [0, 0.1) is 16.0 Å². The van der Waals surface area contributed by atoms with Crippen LogP contribution < -0.4 is 10.6 Å². The molecule has 2 heterocycles. The molecule has 0 aliphatic heterocycles. The van der Waals surface area contributed by atoms with E-state index in [1.54, 1.807) is 24.3 Å². The van der Waals surface area contributed by atoms with Crippen LogP contribution in [0.2, 0.25) is 0 Å². The number of benzene rings is 2. The van der Waals surface area contributed by atoms with Crippen LogP contribution in [0.1, 0.15) is 24.2 Å². The largest absolute Gasteiger partial charge is 0.462 e. The summed E-state index contributed by atoms with van der Waals surface area (Å²) in [4.78, 5) is 35.9. The van der Waals surface area contributed by atoms with E-state index in [2.05, 4.69) is 25.6 Å². The summed E-state index contributed by atoms with van der Waals surface area (Å²) in [5, 5.41) is 18.2. The van der Waals surface area contributed by atoms with Crippen molar-refractivity contribution < 1.29 is 14.5 Å². The maximum atomic E-state index is 12.1. The Morgan fingerprint density at radius 1 is 1.09 bits per heavy atom. The summed E-state index contributed by atoms with van der Waals surface area (Å²) in [6, 6.07) is 14.0. The highest BCUT2D eigenvalue weighted by molar-refractivity contribution is 7.22. The Labute approximate surface area is 192 Å². The second-order valence-corrected chi connectivity index (χ2v) is 8.51. The summed E-state index contributed by atoms with van der Waals surface area (Å²) < 4.78 is 6.16. The number of thiazole rings is 1. The van der Waals surface area contributed by atoms with Crippen LogP contribution in [-0.4, -0.2) is 32.5 Å². The number of anilines is 4. The van der Waals surface area contributed by atoms with E-state index in [4.69, 9.17) is 4.74 Å². The third-order valence-corrected chi connectivity index (χ3v) is 5.41. The third-order valence-electron chi connectivity index (χ3n) is 4.46. The molecule has 0 bridgehead atoms. The fourth-order valence-electron chi connectivity index (χ4n) is 2.91. The standard InChI is InChI=1S/C22H20N6O4S/c1-13(2)11-32-21(29)14-7-9-15(10-8-14)25-19-18(28(30)31)20(24-12-23-19)27-22-26-16-5-3-4-6-17(16)33-22/h3-10,12-13H,11H2,1-2H3,(H2,23,24,25,26,27). The molecule has 0 radical (unpaired) electrons. The van der Waals surface area contributed by atoms with Crippen LogP contribution in [0.3, 0.4) is 0 Å². The minimum atomic E-state index is -0.560. The van der Waals surface area contributed by atoms with Gasteiger partial charge in [0.2, 0.25) is 11.6 Å². The Kier molecular flexibility index (Phi) is 6.41. The molecule has 4 aromatic rings. The van der Waals surface area contributed by atoms with Gasteiger partial charge in [-0.05, 0) is 42.3 Å². The molecule has 2 aromatic carbocycles. The van der Waals surface area contributed by atoms with Crippen molar-refractivity contribution >= 4 is 55.7 Å². The molecule has 0 unspecified atom stereocenters. The van der Waals surface area contributed by atoms with Gasteiger partial charge in [0.25, 0.3) is 0 Å². The molecule has 11 heteroatoms. The third kappa shape index (κ3) is 5.21. The number of esters is 1. The molecule has 0 atom stereocenters. The maximum absolute atomic E-state index is 12.1. The number of aromatic nitrogens is 3. The topological polar surface area (TPSA) is 132 Å². The minimum Gasteiger partial charge on any atom is -0.462 e. The molecular formula is C22H20N6O4S. The number of fused-ring (bicyclic) bond motifs is 1. The summed E-state index contributed by atoms with van der Waals surface area (Å²) >= 11 is 1.36. The van der Waals surface area contributed by atoms with Crippen LogP contribution in [0.15, 0.2) is 54.9 Å². The van der Waals surface area contributed by atoms with E-state index in [0.717, 1.165) is 10.2 Å². The Bertz CT molecular complexity index is 1270. The first-order valence-electron chi connectivity index (χ1n) is 10.1. The lowest BCUT2D eigenvalue weighted by molar-refractivity contribution is -0.383. The zero-order chi connectivity index (χ0) is 23.4. The highest BCUT2D eigenvalue weighted by Gasteiger charge is 2.24. The number of rotatable bonds is 8. The molecule has 0 aliphatic rings. The SMILES string of the molecule is CC(C)COC(=O)c1ccc(Nc2ncnc(Nc3nc4ccccc4s3)c2[N+](=O)[O-])cc1. The van der Waals surface area contributed by atoms with Gasteiger partial charge in [0.1, 0.15) is 6.33 Å². The molecule has 10 nitrogen and oxygen atoms in total. The van der Waals surface area contributed by atoms with Crippen molar-refractivity contribution in [1.82, 2.24) is 15.0 Å². The van der Waals surface area contributed by atoms with Crippen molar-refractivity contribution in [3.8, 4) is 0 Å². The molecule has 0 saturated heterocycles. The summed E-state index contributed by atoms with van der Waals surface area (Å²) in [6.07, 6.45) is 1.22. The summed E-state index contributed by atoms with van der Waals surface area (Å²) in [5.74, 6) is -0.163. The second kappa shape index (κ2) is 9.57. The van der Waals surface area contributed by atoms with E-state index < -0.39 is 10.9 Å². The fraction of sp³-hybridized carbons (Fsp3) is 0.182. The molecule has 0 spiro atoms. The van der Waals surface area contributed by atoms with Gasteiger partial charge < -0.3 is 15.4 Å². The van der Waals surface area contributed by atoms with E-state index in [1.807, 2.05) is 38.1 Å². The number of carbonyl (C=O) groups is 1. The number of carbonyl (C=O) groups excluding carboxylic acids is 1. The number of nitrogens with one attached hydrogen (secondary N) is 2. The van der Waals surface area contributed by atoms with Crippen molar-refractivity contribution in [3.05, 3.63) is 70.5 Å². The van der Waals surface area contributed by atoms with Crippen molar-refractivity contribution in [2.24, 2.45) is 5.92 Å². The van der Waals surface area contributed by atoms with Crippen molar-refractivity contribution in [2.75, 3.05) is 17.2 Å². The monoisotopic (exact) mass is 464 g/mol. The number of ether oxygens (including phenoxy) is 1. The molecule has 0 aliphatic carbocycles. The zero-order valence-electron chi connectivity index (χ0n) is 17.8. The van der Waals surface area contributed by atoms with Gasteiger partial charge in [0.05, 0.1) is 27.3 Å². The molecule has 0 amide bonds. The smallest absolute Gasteiger partial charge is 0.353 e. The number of hydrogen-bond donors (Lipinski definition) is 2. The molecule has 2 N–H and O–H groups in total. The van der Waals surface area contributed by atoms with Crippen molar-refractivity contribution in [2.45, 2.75) is 13.8 Å². The van der Waals surface area contributed by atoms with Crippen LogP contribution in [0.25, 0.3) is 10.2 Å². The van der Waals surface area contributed by atoms with E-state index in [9.17, 15) is 14.9 Å². The maximum Gasteiger partial charge on any atom is 0.353 e. The Morgan fingerprint density at radius 2 is 1.79 bits per heavy atom. The van der Waals surface area contributed by atoms with E-state index >= 15 is 0 Å². The fourth-order valence-corrected chi connectivity index (χ4v) is 3.78. The van der Waals surface area contributed by atoms with Crippen LogP contribution in [0.4, 0.5) is 28.1 Å². The zero-order valence-corrected chi connectivity index (χ0v) is 18.6. The van der Waals surface area contributed by atoms with Crippen molar-refractivity contribution in [3.63, 3.8) is 0 Å². The molecule has 0 saturated carbocycles. The van der Waals surface area contributed by atoms with Gasteiger partial charge in [-0.25, -0.2) is 19.7 Å². The first-order chi connectivity index (χ1) is 15.9. The Hall–Kier alpha value is -4.12. The quantitative estimate of drug-likeness (QED) is 0.203. The average molecular weight is 465 g/mol. The molecule has 4 rings (SSSR count). The van der Waals surface area contributed by atoms with Crippen molar-refractivity contribution in [1.29, 1.82) is 0 Å². The van der Waals surface area contributed by atoms with Crippen LogP contribution in [0.5, 0.6) is 0 Å². The lowest BCUT2D eigenvalue weighted by Crippen LogP contribution is -2.10. The normalized spacial score (nSPS) is 10.9. The lowest BCUT2D eigenvalue weighted by Gasteiger charge is -2.10. The number of nitro groups is 1. The highest BCUT2D eigenvalue weighted by atomic mass is 32.1. The second-order valence-electron chi connectivity index (χ2n) is 7.48.